The lowest BCUT2D eigenvalue weighted by Gasteiger charge is -2.07. The maximum atomic E-state index is 13.0. The molecule has 34 heavy (non-hydrogen) atoms. The number of aryl methyl sites for hydroxylation is 1. The van der Waals surface area contributed by atoms with E-state index in [9.17, 15) is 9.59 Å². The third kappa shape index (κ3) is 4.20. The Morgan fingerprint density at radius 3 is 2.85 bits per heavy atom. The van der Waals surface area contributed by atoms with Crippen molar-refractivity contribution in [2.45, 2.75) is 20.0 Å². The molecule has 5 rings (SSSR count). The Bertz CT molecular complexity index is 1620. The van der Waals surface area contributed by atoms with Gasteiger partial charge in [0.15, 0.2) is 5.69 Å². The van der Waals surface area contributed by atoms with Crippen LogP contribution >= 0.6 is 11.6 Å². The molecule has 170 valence electrons. The summed E-state index contributed by atoms with van der Waals surface area (Å²) in [5.41, 5.74) is 9.88. The molecule has 1 aromatic carbocycles. The van der Waals surface area contributed by atoms with Gasteiger partial charge in [0.2, 0.25) is 5.56 Å². The number of nitrogens with two attached hydrogens (primary N) is 1. The molecule has 1 amide bonds. The molecular formula is C24H20ClN7O2. The van der Waals surface area contributed by atoms with Crippen LogP contribution in [0.3, 0.4) is 0 Å². The second kappa shape index (κ2) is 8.60. The van der Waals surface area contributed by atoms with Crippen molar-refractivity contribution in [3.05, 3.63) is 92.6 Å². The summed E-state index contributed by atoms with van der Waals surface area (Å²) in [6.45, 7) is 2.47. The average molecular weight is 474 g/mol. The van der Waals surface area contributed by atoms with E-state index < -0.39 is 5.91 Å². The summed E-state index contributed by atoms with van der Waals surface area (Å²) in [5, 5.41) is 8.84. The van der Waals surface area contributed by atoms with E-state index in [-0.39, 0.29) is 17.8 Å². The first-order valence-corrected chi connectivity index (χ1v) is 10.9. The molecule has 0 saturated carbocycles. The van der Waals surface area contributed by atoms with Gasteiger partial charge in [-0.25, -0.2) is 4.98 Å². The molecule has 0 radical (unpaired) electrons. The number of carbonyl (C=O) groups is 1. The smallest absolute Gasteiger partial charge is 0.274 e. The molecular weight excluding hydrogens is 454 g/mol. The van der Waals surface area contributed by atoms with Crippen LogP contribution in [0.4, 0.5) is 5.82 Å². The van der Waals surface area contributed by atoms with Gasteiger partial charge in [-0.2, -0.15) is 5.10 Å². The molecule has 9 nitrogen and oxygen atoms in total. The SMILES string of the molecule is Cc1nc(N)ccc1CNC(=O)c1nn(Cc2ccc3ncc(Cl)cc3c2)c2ccc(=O)[nH]c12. The highest BCUT2D eigenvalue weighted by molar-refractivity contribution is 6.31. The molecule has 0 aliphatic heterocycles. The fourth-order valence-corrected chi connectivity index (χ4v) is 4.01. The van der Waals surface area contributed by atoms with Crippen LogP contribution in [0.2, 0.25) is 5.02 Å². The van der Waals surface area contributed by atoms with Gasteiger partial charge in [0.25, 0.3) is 5.91 Å². The van der Waals surface area contributed by atoms with E-state index in [0.717, 1.165) is 27.7 Å². The van der Waals surface area contributed by atoms with Crippen molar-refractivity contribution in [1.29, 1.82) is 0 Å². The lowest BCUT2D eigenvalue weighted by molar-refractivity contribution is 0.0946. The predicted octanol–water partition coefficient (Wildman–Crippen LogP) is 3.19. The number of rotatable bonds is 5. The third-order valence-corrected chi connectivity index (χ3v) is 5.76. The number of aromatic nitrogens is 5. The second-order valence-electron chi connectivity index (χ2n) is 7.93. The quantitative estimate of drug-likeness (QED) is 0.359. The van der Waals surface area contributed by atoms with Crippen LogP contribution in [0.25, 0.3) is 21.9 Å². The van der Waals surface area contributed by atoms with E-state index >= 15 is 0 Å². The van der Waals surface area contributed by atoms with Crippen LogP contribution in [0.15, 0.2) is 59.5 Å². The van der Waals surface area contributed by atoms with Gasteiger partial charge in [0.05, 0.1) is 22.6 Å². The van der Waals surface area contributed by atoms with Gasteiger partial charge in [-0.3, -0.25) is 19.3 Å². The van der Waals surface area contributed by atoms with Crippen LogP contribution in [0, 0.1) is 6.92 Å². The van der Waals surface area contributed by atoms with Crippen LogP contribution in [0.1, 0.15) is 27.3 Å². The number of carbonyl (C=O) groups excluding carboxylic acids is 1. The van der Waals surface area contributed by atoms with Gasteiger partial charge in [-0.15, -0.1) is 0 Å². The number of nitrogen functional groups attached to an aromatic ring is 1. The van der Waals surface area contributed by atoms with Crippen molar-refractivity contribution in [3.63, 3.8) is 0 Å². The number of amides is 1. The number of H-pyrrole nitrogens is 1. The molecule has 0 aliphatic rings. The van der Waals surface area contributed by atoms with Crippen molar-refractivity contribution in [1.82, 2.24) is 30.0 Å². The Hall–Kier alpha value is -4.24. The minimum Gasteiger partial charge on any atom is -0.384 e. The number of nitrogens with zero attached hydrogens (tertiary/aromatic N) is 4. The molecule has 0 fully saturated rings. The molecule has 4 N–H and O–H groups in total. The Morgan fingerprint density at radius 1 is 1.18 bits per heavy atom. The van der Waals surface area contributed by atoms with E-state index in [1.54, 1.807) is 23.0 Å². The van der Waals surface area contributed by atoms with Crippen molar-refractivity contribution >= 4 is 45.3 Å². The monoisotopic (exact) mass is 473 g/mol. The number of fused-ring (bicyclic) bond motifs is 2. The fourth-order valence-electron chi connectivity index (χ4n) is 3.85. The molecule has 0 unspecified atom stereocenters. The van der Waals surface area contributed by atoms with E-state index in [0.29, 0.717) is 28.4 Å². The standard InChI is InChI=1S/C24H20ClN7O2/c1-13-15(3-6-20(26)29-13)10-28-24(34)23-22-19(5-7-21(33)30-22)32(31-23)12-14-2-4-18-16(8-14)9-17(25)11-27-18/h2-9,11H,10,12H2,1H3,(H2,26,29)(H,28,34)(H,30,33). The van der Waals surface area contributed by atoms with Gasteiger partial charge in [-0.05, 0) is 48.4 Å². The molecule has 0 saturated heterocycles. The minimum atomic E-state index is -0.406. The lowest BCUT2D eigenvalue weighted by Crippen LogP contribution is -2.24. The summed E-state index contributed by atoms with van der Waals surface area (Å²) in [5.74, 6) is 0.0120. The number of halogens is 1. The number of aromatic amines is 1. The van der Waals surface area contributed by atoms with Crippen LogP contribution in [0.5, 0.6) is 0 Å². The summed E-state index contributed by atoms with van der Waals surface area (Å²) >= 11 is 6.09. The highest BCUT2D eigenvalue weighted by Crippen LogP contribution is 2.21. The predicted molar refractivity (Wildman–Crippen MR) is 131 cm³/mol. The maximum Gasteiger partial charge on any atom is 0.274 e. The van der Waals surface area contributed by atoms with Gasteiger partial charge in [0.1, 0.15) is 11.3 Å². The molecule has 0 aliphatic carbocycles. The first kappa shape index (κ1) is 21.6. The van der Waals surface area contributed by atoms with Gasteiger partial charge in [-0.1, -0.05) is 23.7 Å². The van der Waals surface area contributed by atoms with Crippen molar-refractivity contribution in [2.75, 3.05) is 5.73 Å². The van der Waals surface area contributed by atoms with E-state index in [2.05, 4.69) is 25.4 Å². The van der Waals surface area contributed by atoms with E-state index in [4.69, 9.17) is 17.3 Å². The number of pyridine rings is 3. The zero-order valence-corrected chi connectivity index (χ0v) is 18.9. The zero-order chi connectivity index (χ0) is 23.8. The summed E-state index contributed by atoms with van der Waals surface area (Å²) in [6.07, 6.45) is 1.60. The highest BCUT2D eigenvalue weighted by Gasteiger charge is 2.19. The summed E-state index contributed by atoms with van der Waals surface area (Å²) < 4.78 is 1.69. The Labute approximate surface area is 198 Å². The summed E-state index contributed by atoms with van der Waals surface area (Å²) in [6, 6.07) is 14.2. The molecule has 5 aromatic rings. The Morgan fingerprint density at radius 2 is 2.03 bits per heavy atom. The first-order chi connectivity index (χ1) is 16.4. The number of anilines is 1. The topological polar surface area (TPSA) is 132 Å². The van der Waals surface area contributed by atoms with Crippen molar-refractivity contribution in [3.8, 4) is 0 Å². The largest absolute Gasteiger partial charge is 0.384 e. The van der Waals surface area contributed by atoms with Gasteiger partial charge >= 0.3 is 0 Å². The number of hydrogen-bond acceptors (Lipinski definition) is 6. The van der Waals surface area contributed by atoms with Gasteiger partial charge in [0, 0.05) is 29.9 Å². The van der Waals surface area contributed by atoms with Crippen LogP contribution in [-0.2, 0) is 13.1 Å². The molecule has 0 spiro atoms. The zero-order valence-electron chi connectivity index (χ0n) is 18.2. The molecule has 10 heteroatoms. The Balaban J connectivity index is 1.47. The number of hydrogen-bond donors (Lipinski definition) is 3. The molecule has 4 aromatic heterocycles. The molecule has 0 bridgehead atoms. The molecule has 4 heterocycles. The number of nitrogens with one attached hydrogen (secondary N) is 2. The van der Waals surface area contributed by atoms with Crippen molar-refractivity contribution < 1.29 is 4.79 Å². The summed E-state index contributed by atoms with van der Waals surface area (Å²) in [7, 11) is 0. The van der Waals surface area contributed by atoms with Crippen LogP contribution in [-0.4, -0.2) is 30.6 Å². The third-order valence-electron chi connectivity index (χ3n) is 5.55. The first-order valence-electron chi connectivity index (χ1n) is 10.5. The maximum absolute atomic E-state index is 13.0. The molecule has 0 atom stereocenters. The minimum absolute atomic E-state index is 0.138. The Kier molecular flexibility index (Phi) is 5.46. The lowest BCUT2D eigenvalue weighted by atomic mass is 10.1. The van der Waals surface area contributed by atoms with Crippen LogP contribution < -0.4 is 16.6 Å². The number of benzene rings is 1. The van der Waals surface area contributed by atoms with Gasteiger partial charge < -0.3 is 16.0 Å². The van der Waals surface area contributed by atoms with Crippen molar-refractivity contribution in [2.24, 2.45) is 0 Å². The van der Waals surface area contributed by atoms with E-state index in [1.807, 2.05) is 37.3 Å². The average Bonchev–Trinajstić information content (AvgIpc) is 3.15. The second-order valence-corrected chi connectivity index (χ2v) is 8.37. The van der Waals surface area contributed by atoms with E-state index in [1.165, 1.54) is 6.07 Å². The normalized spacial score (nSPS) is 11.2. The fraction of sp³-hybridized carbons (Fsp3) is 0.125. The highest BCUT2D eigenvalue weighted by atomic mass is 35.5. The summed E-state index contributed by atoms with van der Waals surface area (Å²) in [4.78, 5) is 36.3.